The van der Waals surface area contributed by atoms with Crippen molar-refractivity contribution in [1.29, 1.82) is 5.26 Å². The van der Waals surface area contributed by atoms with E-state index in [0.717, 1.165) is 55.2 Å². The number of rotatable bonds is 10. The Morgan fingerprint density at radius 1 is 1.31 bits per heavy atom. The van der Waals surface area contributed by atoms with Crippen LogP contribution < -0.4 is 20.3 Å². The van der Waals surface area contributed by atoms with E-state index >= 15 is 0 Å². The van der Waals surface area contributed by atoms with Crippen LogP contribution in [0.4, 0.5) is 10.1 Å². The molecule has 1 fully saturated rings. The number of halogens is 1. The number of nitriles is 1. The van der Waals surface area contributed by atoms with E-state index < -0.39 is 21.8 Å². The Bertz CT molecular complexity index is 1550. The Balaban J connectivity index is 1.62. The van der Waals surface area contributed by atoms with Gasteiger partial charge in [-0.2, -0.15) is 18.0 Å². The zero-order chi connectivity index (χ0) is 28.2. The lowest BCUT2D eigenvalue weighted by atomic mass is 9.92. The first-order chi connectivity index (χ1) is 18.6. The SMILES string of the molecule is CCN(C)S(=O)(=O)Nc1ccc(F)c(Oc2ccc3ncn(C(C)CCC4CCNCC4)c(=O)c3c2)c1C#N. The number of hydrogen-bond donors (Lipinski definition) is 2. The van der Waals surface area contributed by atoms with Crippen LogP contribution in [-0.2, 0) is 10.2 Å². The predicted octanol–water partition coefficient (Wildman–Crippen LogP) is 4.15. The number of nitrogens with zero attached hydrogens (tertiary/aromatic N) is 4. The molecule has 0 aliphatic carbocycles. The standard InChI is InChI=1S/C27H33FN6O4S/c1-4-33(3)39(36,37)32-25-10-8-23(28)26(22(25)16-29)38-20-7-9-24-21(15-20)27(35)34(17-31-24)18(2)5-6-19-11-13-30-14-12-19/h7-10,15,17-19,30,32H,4-6,11-14H2,1-3H3. The molecule has 1 unspecified atom stereocenters. The lowest BCUT2D eigenvalue weighted by Crippen LogP contribution is -2.32. The minimum atomic E-state index is -3.96. The van der Waals surface area contributed by atoms with Crippen molar-refractivity contribution in [3.05, 3.63) is 58.4 Å². The molecule has 3 aromatic rings. The van der Waals surface area contributed by atoms with Crippen molar-refractivity contribution in [2.24, 2.45) is 5.92 Å². The third-order valence-corrected chi connectivity index (χ3v) is 8.77. The van der Waals surface area contributed by atoms with Crippen LogP contribution in [0.5, 0.6) is 11.5 Å². The van der Waals surface area contributed by atoms with Crippen LogP contribution in [-0.4, -0.2) is 49.0 Å². The summed E-state index contributed by atoms with van der Waals surface area (Å²) in [4.78, 5) is 17.8. The molecule has 10 nitrogen and oxygen atoms in total. The van der Waals surface area contributed by atoms with Crippen LogP contribution in [0, 0.1) is 23.1 Å². The topological polar surface area (TPSA) is 129 Å². The van der Waals surface area contributed by atoms with Gasteiger partial charge in [0.15, 0.2) is 11.6 Å². The summed E-state index contributed by atoms with van der Waals surface area (Å²) in [6.45, 7) is 5.89. The largest absolute Gasteiger partial charge is 0.453 e. The van der Waals surface area contributed by atoms with Crippen molar-refractivity contribution in [3.8, 4) is 17.6 Å². The van der Waals surface area contributed by atoms with Crippen LogP contribution in [0.25, 0.3) is 10.9 Å². The minimum absolute atomic E-state index is 0.0533. The monoisotopic (exact) mass is 556 g/mol. The van der Waals surface area contributed by atoms with Crippen LogP contribution in [0.2, 0.25) is 0 Å². The molecule has 208 valence electrons. The maximum absolute atomic E-state index is 14.8. The van der Waals surface area contributed by atoms with Gasteiger partial charge in [-0.15, -0.1) is 0 Å². The number of hydrogen-bond acceptors (Lipinski definition) is 7. The van der Waals surface area contributed by atoms with Crippen molar-refractivity contribution in [2.75, 3.05) is 31.4 Å². The molecule has 0 spiro atoms. The second-order valence-electron chi connectivity index (χ2n) is 9.79. The summed E-state index contributed by atoms with van der Waals surface area (Å²) in [5.74, 6) is -0.545. The first kappa shape index (κ1) is 28.5. The van der Waals surface area contributed by atoms with Gasteiger partial charge in [-0.05, 0) is 81.9 Å². The van der Waals surface area contributed by atoms with Gasteiger partial charge in [-0.3, -0.25) is 14.1 Å². The fraction of sp³-hybridized carbons (Fsp3) is 0.444. The first-order valence-corrected chi connectivity index (χ1v) is 14.4. The third kappa shape index (κ3) is 6.38. The van der Waals surface area contributed by atoms with Gasteiger partial charge in [0, 0.05) is 19.6 Å². The molecular weight excluding hydrogens is 523 g/mol. The molecule has 1 aromatic heterocycles. The van der Waals surface area contributed by atoms with Crippen molar-refractivity contribution in [1.82, 2.24) is 19.2 Å². The Morgan fingerprint density at radius 3 is 2.74 bits per heavy atom. The highest BCUT2D eigenvalue weighted by atomic mass is 32.2. The highest BCUT2D eigenvalue weighted by Gasteiger charge is 2.23. The lowest BCUT2D eigenvalue weighted by Gasteiger charge is -2.24. The van der Waals surface area contributed by atoms with Crippen molar-refractivity contribution in [2.45, 2.75) is 45.6 Å². The summed E-state index contributed by atoms with van der Waals surface area (Å²) < 4.78 is 50.5. The second-order valence-corrected chi connectivity index (χ2v) is 11.6. The molecule has 1 atom stereocenters. The summed E-state index contributed by atoms with van der Waals surface area (Å²) in [7, 11) is -2.58. The number of ether oxygens (including phenoxy) is 1. The molecule has 0 saturated carbocycles. The summed E-state index contributed by atoms with van der Waals surface area (Å²) in [5, 5.41) is 13.4. The van der Waals surface area contributed by atoms with Gasteiger partial charge < -0.3 is 10.1 Å². The Morgan fingerprint density at radius 2 is 2.05 bits per heavy atom. The van der Waals surface area contributed by atoms with E-state index in [0.29, 0.717) is 16.8 Å². The Labute approximate surface area is 227 Å². The highest BCUT2D eigenvalue weighted by molar-refractivity contribution is 7.90. The van der Waals surface area contributed by atoms with Crippen LogP contribution in [0.1, 0.15) is 51.1 Å². The van der Waals surface area contributed by atoms with Gasteiger partial charge in [-0.25, -0.2) is 9.37 Å². The zero-order valence-electron chi connectivity index (χ0n) is 22.3. The minimum Gasteiger partial charge on any atom is -0.453 e. The van der Waals surface area contributed by atoms with Crippen molar-refractivity contribution < 1.29 is 17.5 Å². The molecule has 39 heavy (non-hydrogen) atoms. The third-order valence-electron chi connectivity index (χ3n) is 7.22. The normalized spacial score (nSPS) is 15.3. The molecule has 0 bridgehead atoms. The maximum Gasteiger partial charge on any atom is 0.301 e. The average molecular weight is 557 g/mol. The number of nitrogens with one attached hydrogen (secondary N) is 2. The summed E-state index contributed by atoms with van der Waals surface area (Å²) in [6, 6.07) is 8.51. The smallest absolute Gasteiger partial charge is 0.301 e. The van der Waals surface area contributed by atoms with E-state index in [9.17, 15) is 22.9 Å². The van der Waals surface area contributed by atoms with Gasteiger partial charge in [-0.1, -0.05) is 6.92 Å². The molecule has 2 heterocycles. The van der Waals surface area contributed by atoms with E-state index in [1.807, 2.05) is 13.0 Å². The number of anilines is 1. The predicted molar refractivity (Wildman–Crippen MR) is 148 cm³/mol. The molecule has 1 saturated heterocycles. The Hall–Kier alpha value is -3.53. The number of piperidine rings is 1. The quantitative estimate of drug-likeness (QED) is 0.384. The van der Waals surface area contributed by atoms with E-state index in [4.69, 9.17) is 4.74 Å². The maximum atomic E-state index is 14.8. The second kappa shape index (κ2) is 12.1. The average Bonchev–Trinajstić information content (AvgIpc) is 2.94. The molecular formula is C27H33FN6O4S. The summed E-state index contributed by atoms with van der Waals surface area (Å²) in [5.41, 5.74) is -0.229. The molecule has 0 radical (unpaired) electrons. The molecule has 2 aromatic carbocycles. The van der Waals surface area contributed by atoms with E-state index in [-0.39, 0.29) is 35.1 Å². The fourth-order valence-electron chi connectivity index (χ4n) is 4.64. The van der Waals surface area contributed by atoms with E-state index in [2.05, 4.69) is 15.0 Å². The first-order valence-electron chi connectivity index (χ1n) is 13.0. The zero-order valence-corrected chi connectivity index (χ0v) is 23.1. The van der Waals surface area contributed by atoms with Crippen molar-refractivity contribution >= 4 is 26.8 Å². The van der Waals surface area contributed by atoms with Crippen LogP contribution >= 0.6 is 0 Å². The number of fused-ring (bicyclic) bond motifs is 1. The van der Waals surface area contributed by atoms with Crippen molar-refractivity contribution in [3.63, 3.8) is 0 Å². The van der Waals surface area contributed by atoms with Gasteiger partial charge >= 0.3 is 10.2 Å². The molecule has 0 amide bonds. The molecule has 4 rings (SSSR count). The molecule has 12 heteroatoms. The van der Waals surface area contributed by atoms with E-state index in [1.165, 1.54) is 19.2 Å². The molecule has 1 aliphatic rings. The van der Waals surface area contributed by atoms with Gasteiger partial charge in [0.05, 0.1) is 22.9 Å². The molecule has 1 aliphatic heterocycles. The van der Waals surface area contributed by atoms with E-state index in [1.54, 1.807) is 23.9 Å². The molecule has 2 N–H and O–H groups in total. The van der Waals surface area contributed by atoms with Gasteiger partial charge in [0.25, 0.3) is 5.56 Å². The van der Waals surface area contributed by atoms with Crippen LogP contribution in [0.15, 0.2) is 41.5 Å². The van der Waals surface area contributed by atoms with Gasteiger partial charge in [0.1, 0.15) is 17.4 Å². The lowest BCUT2D eigenvalue weighted by molar-refractivity contribution is 0.322. The Kier molecular flexibility index (Phi) is 8.84. The highest BCUT2D eigenvalue weighted by Crippen LogP contribution is 2.34. The fourth-order valence-corrected chi connectivity index (χ4v) is 5.58. The summed E-state index contributed by atoms with van der Waals surface area (Å²) in [6.07, 6.45) is 5.70. The number of benzene rings is 2. The summed E-state index contributed by atoms with van der Waals surface area (Å²) >= 11 is 0. The van der Waals surface area contributed by atoms with Gasteiger partial charge in [0.2, 0.25) is 0 Å². The number of aromatic nitrogens is 2. The van der Waals surface area contributed by atoms with Crippen LogP contribution in [0.3, 0.4) is 0 Å².